The minimum Gasteiger partial charge on any atom is -0.481 e. The molecule has 2 aliphatic heterocycles. The predicted octanol–water partition coefficient (Wildman–Crippen LogP) is 1.26. The lowest BCUT2D eigenvalue weighted by Gasteiger charge is -2.40. The molecule has 2 saturated heterocycles. The third kappa shape index (κ3) is 3.62. The molecular weight excluding hydrogens is 260 g/mol. The number of ether oxygens (including phenoxy) is 1. The van der Waals surface area contributed by atoms with Crippen LogP contribution in [0.2, 0.25) is 0 Å². The minimum absolute atomic E-state index is 0.0838. The van der Waals surface area contributed by atoms with E-state index >= 15 is 0 Å². The van der Waals surface area contributed by atoms with Crippen molar-refractivity contribution in [2.24, 2.45) is 11.8 Å². The fraction of sp³-hybridized carbons (Fsp3) is 0.857. The van der Waals surface area contributed by atoms with E-state index in [1.54, 1.807) is 0 Å². The summed E-state index contributed by atoms with van der Waals surface area (Å²) >= 11 is 0. The first-order valence-corrected chi connectivity index (χ1v) is 7.45. The molecule has 6 nitrogen and oxygen atoms in total. The second-order valence-corrected chi connectivity index (χ2v) is 5.64. The van der Waals surface area contributed by atoms with Gasteiger partial charge in [0.2, 0.25) is 0 Å². The van der Waals surface area contributed by atoms with Gasteiger partial charge in [-0.05, 0) is 18.3 Å². The number of nitrogens with zero attached hydrogens (tertiary/aromatic N) is 2. The third-order valence-corrected chi connectivity index (χ3v) is 4.40. The molecule has 2 heterocycles. The average Bonchev–Trinajstić information content (AvgIpc) is 2.47. The van der Waals surface area contributed by atoms with Gasteiger partial charge < -0.3 is 19.6 Å². The third-order valence-electron chi connectivity index (χ3n) is 4.40. The SMILES string of the molecule is CC[C@H]1CN(C(=O)N2CCOCC2)CC[C@H]1CC(=O)O. The molecular formula is C14H24N2O4. The summed E-state index contributed by atoms with van der Waals surface area (Å²) in [6.45, 7) is 5.96. The van der Waals surface area contributed by atoms with E-state index in [1.807, 2.05) is 9.80 Å². The smallest absolute Gasteiger partial charge is 0.320 e. The lowest BCUT2D eigenvalue weighted by Crippen LogP contribution is -2.52. The highest BCUT2D eigenvalue weighted by Crippen LogP contribution is 2.29. The van der Waals surface area contributed by atoms with Gasteiger partial charge in [-0.3, -0.25) is 4.79 Å². The first-order chi connectivity index (χ1) is 9.61. The summed E-state index contributed by atoms with van der Waals surface area (Å²) in [4.78, 5) is 27.0. The van der Waals surface area contributed by atoms with Crippen molar-refractivity contribution in [2.45, 2.75) is 26.2 Å². The molecule has 0 aromatic heterocycles. The highest BCUT2D eigenvalue weighted by atomic mass is 16.5. The first kappa shape index (κ1) is 15.1. The Morgan fingerprint density at radius 3 is 2.45 bits per heavy atom. The molecule has 2 fully saturated rings. The molecule has 0 unspecified atom stereocenters. The number of hydrogen-bond acceptors (Lipinski definition) is 3. The van der Waals surface area contributed by atoms with Gasteiger partial charge in [0.1, 0.15) is 0 Å². The molecule has 6 heteroatoms. The number of amides is 2. The molecule has 0 bridgehead atoms. The molecule has 2 aliphatic rings. The van der Waals surface area contributed by atoms with Crippen molar-refractivity contribution in [1.82, 2.24) is 9.80 Å². The van der Waals surface area contributed by atoms with E-state index in [0.29, 0.717) is 45.3 Å². The van der Waals surface area contributed by atoms with Crippen LogP contribution in [0.3, 0.4) is 0 Å². The number of urea groups is 1. The van der Waals surface area contributed by atoms with E-state index in [1.165, 1.54) is 0 Å². The van der Waals surface area contributed by atoms with Crippen molar-refractivity contribution < 1.29 is 19.4 Å². The highest BCUT2D eigenvalue weighted by Gasteiger charge is 2.33. The number of hydrogen-bond donors (Lipinski definition) is 1. The van der Waals surface area contributed by atoms with Crippen LogP contribution in [0.5, 0.6) is 0 Å². The van der Waals surface area contributed by atoms with Gasteiger partial charge in [0.25, 0.3) is 0 Å². The first-order valence-electron chi connectivity index (χ1n) is 7.45. The van der Waals surface area contributed by atoms with E-state index in [9.17, 15) is 9.59 Å². The van der Waals surface area contributed by atoms with Gasteiger partial charge in [0, 0.05) is 32.6 Å². The van der Waals surface area contributed by atoms with Crippen molar-refractivity contribution >= 4 is 12.0 Å². The maximum atomic E-state index is 12.4. The zero-order valence-electron chi connectivity index (χ0n) is 12.1. The van der Waals surface area contributed by atoms with Crippen LogP contribution in [0.4, 0.5) is 4.79 Å². The number of carboxylic acid groups (broad SMARTS) is 1. The zero-order valence-corrected chi connectivity index (χ0v) is 12.1. The fourth-order valence-corrected chi connectivity index (χ4v) is 3.16. The largest absolute Gasteiger partial charge is 0.481 e. The van der Waals surface area contributed by atoms with E-state index in [-0.39, 0.29) is 18.4 Å². The number of rotatable bonds is 3. The molecule has 0 spiro atoms. The van der Waals surface area contributed by atoms with E-state index < -0.39 is 5.97 Å². The molecule has 114 valence electrons. The Kier molecular flexibility index (Phi) is 5.23. The second kappa shape index (κ2) is 6.92. The Labute approximate surface area is 119 Å². The summed E-state index contributed by atoms with van der Waals surface area (Å²) in [6.07, 6.45) is 1.93. The van der Waals surface area contributed by atoms with E-state index in [2.05, 4.69) is 6.92 Å². The van der Waals surface area contributed by atoms with Crippen molar-refractivity contribution in [3.8, 4) is 0 Å². The van der Waals surface area contributed by atoms with Gasteiger partial charge >= 0.3 is 12.0 Å². The molecule has 2 atom stereocenters. The Morgan fingerprint density at radius 1 is 1.15 bits per heavy atom. The normalized spacial score (nSPS) is 27.4. The molecule has 0 aromatic rings. The van der Waals surface area contributed by atoms with Gasteiger partial charge in [-0.25, -0.2) is 4.79 Å². The van der Waals surface area contributed by atoms with Gasteiger partial charge in [0.15, 0.2) is 0 Å². The summed E-state index contributed by atoms with van der Waals surface area (Å²) < 4.78 is 5.26. The molecule has 0 aliphatic carbocycles. The molecule has 0 saturated carbocycles. The minimum atomic E-state index is -0.735. The van der Waals surface area contributed by atoms with Crippen LogP contribution in [0.15, 0.2) is 0 Å². The number of carboxylic acids is 1. The maximum Gasteiger partial charge on any atom is 0.320 e. The Morgan fingerprint density at radius 2 is 1.85 bits per heavy atom. The number of carbonyl (C=O) groups is 2. The second-order valence-electron chi connectivity index (χ2n) is 5.64. The topological polar surface area (TPSA) is 70.1 Å². The van der Waals surface area contributed by atoms with Crippen molar-refractivity contribution in [1.29, 1.82) is 0 Å². The molecule has 20 heavy (non-hydrogen) atoms. The Bertz CT molecular complexity index is 355. The van der Waals surface area contributed by atoms with Gasteiger partial charge in [-0.2, -0.15) is 0 Å². The fourth-order valence-electron chi connectivity index (χ4n) is 3.16. The molecule has 0 radical (unpaired) electrons. The average molecular weight is 284 g/mol. The monoisotopic (exact) mass is 284 g/mol. The van der Waals surface area contributed by atoms with Crippen LogP contribution in [0.1, 0.15) is 26.2 Å². The predicted molar refractivity (Wildman–Crippen MR) is 73.5 cm³/mol. The summed E-state index contributed by atoms with van der Waals surface area (Å²) in [7, 11) is 0. The highest BCUT2D eigenvalue weighted by molar-refractivity contribution is 5.74. The van der Waals surface area contributed by atoms with Crippen LogP contribution in [0, 0.1) is 11.8 Å². The summed E-state index contributed by atoms with van der Waals surface area (Å²) in [5.41, 5.74) is 0. The van der Waals surface area contributed by atoms with Crippen LogP contribution in [0.25, 0.3) is 0 Å². The van der Waals surface area contributed by atoms with Crippen molar-refractivity contribution in [3.05, 3.63) is 0 Å². The lowest BCUT2D eigenvalue weighted by atomic mass is 9.81. The van der Waals surface area contributed by atoms with Crippen LogP contribution in [-0.2, 0) is 9.53 Å². The van der Waals surface area contributed by atoms with Crippen LogP contribution >= 0.6 is 0 Å². The van der Waals surface area contributed by atoms with Crippen molar-refractivity contribution in [3.63, 3.8) is 0 Å². The summed E-state index contributed by atoms with van der Waals surface area (Å²) in [6, 6.07) is 0.0838. The van der Waals surface area contributed by atoms with Crippen LogP contribution < -0.4 is 0 Å². The Balaban J connectivity index is 1.91. The zero-order chi connectivity index (χ0) is 14.5. The van der Waals surface area contributed by atoms with Gasteiger partial charge in [-0.15, -0.1) is 0 Å². The standard InChI is InChI=1S/C14H24N2O4/c1-2-11-10-16(4-3-12(11)9-13(17)18)14(19)15-5-7-20-8-6-15/h11-12H,2-10H2,1H3,(H,17,18)/t11-,12-/m0/s1. The van der Waals surface area contributed by atoms with Gasteiger partial charge in [0.05, 0.1) is 13.2 Å². The van der Waals surface area contributed by atoms with E-state index in [4.69, 9.17) is 9.84 Å². The summed E-state index contributed by atoms with van der Waals surface area (Å²) in [5.74, 6) is -0.238. The summed E-state index contributed by atoms with van der Waals surface area (Å²) in [5, 5.41) is 8.96. The molecule has 1 N–H and O–H groups in total. The van der Waals surface area contributed by atoms with E-state index in [0.717, 1.165) is 12.8 Å². The number of likely N-dealkylation sites (tertiary alicyclic amines) is 1. The Hall–Kier alpha value is -1.30. The van der Waals surface area contributed by atoms with Gasteiger partial charge in [-0.1, -0.05) is 13.3 Å². The molecule has 2 rings (SSSR count). The number of aliphatic carboxylic acids is 1. The molecule has 0 aromatic carbocycles. The number of carbonyl (C=O) groups excluding carboxylic acids is 1. The van der Waals surface area contributed by atoms with Crippen molar-refractivity contribution in [2.75, 3.05) is 39.4 Å². The number of piperidine rings is 1. The quantitative estimate of drug-likeness (QED) is 0.847. The molecule has 2 amide bonds. The van der Waals surface area contributed by atoms with Crippen LogP contribution in [-0.4, -0.2) is 66.3 Å². The lowest BCUT2D eigenvalue weighted by molar-refractivity contribution is -0.139. The maximum absolute atomic E-state index is 12.4. The number of morpholine rings is 1.